The van der Waals surface area contributed by atoms with Crippen LogP contribution >= 0.6 is 11.3 Å². The highest BCUT2D eigenvalue weighted by Crippen LogP contribution is 2.23. The number of hydrogen-bond acceptors (Lipinski definition) is 3. The van der Waals surface area contributed by atoms with E-state index in [0.29, 0.717) is 6.61 Å². The molecule has 2 rings (SSSR count). The summed E-state index contributed by atoms with van der Waals surface area (Å²) in [5.74, 6) is 0. The molecule has 1 atom stereocenters. The summed E-state index contributed by atoms with van der Waals surface area (Å²) in [6.07, 6.45) is 0.561. The molecule has 1 N–H and O–H groups in total. The van der Waals surface area contributed by atoms with Gasteiger partial charge in [0.15, 0.2) is 0 Å². The van der Waals surface area contributed by atoms with Crippen molar-refractivity contribution in [3.63, 3.8) is 0 Å². The predicted octanol–water partition coefficient (Wildman–Crippen LogP) is 1.92. The molecule has 1 aliphatic heterocycles. The van der Waals surface area contributed by atoms with Gasteiger partial charge in [-0.25, -0.2) is 4.79 Å². The van der Waals surface area contributed by atoms with Gasteiger partial charge in [-0.05, 0) is 11.4 Å². The fraction of sp³-hybridized carbons (Fsp3) is 0.375. The van der Waals surface area contributed by atoms with Crippen LogP contribution in [0.4, 0.5) is 4.79 Å². The molecule has 0 aliphatic carbocycles. The first kappa shape index (κ1) is 7.61. The standard InChI is InChI=1S/C8H9NO2S/c10-8-9-6(3-4-11-8)7-2-1-5-12-7/h1-2,5-6H,3-4H2,(H,9,10)/t6-/m1/s1. The van der Waals surface area contributed by atoms with Gasteiger partial charge in [-0.2, -0.15) is 0 Å². The van der Waals surface area contributed by atoms with Gasteiger partial charge in [-0.3, -0.25) is 0 Å². The number of ether oxygens (including phenoxy) is 1. The highest BCUT2D eigenvalue weighted by atomic mass is 32.1. The van der Waals surface area contributed by atoms with Crippen molar-refractivity contribution in [2.24, 2.45) is 0 Å². The van der Waals surface area contributed by atoms with Crippen molar-refractivity contribution in [3.05, 3.63) is 22.4 Å². The molecule has 0 unspecified atom stereocenters. The van der Waals surface area contributed by atoms with Gasteiger partial charge in [0.2, 0.25) is 0 Å². The number of carbonyl (C=O) groups is 1. The van der Waals surface area contributed by atoms with Crippen LogP contribution in [-0.4, -0.2) is 12.7 Å². The number of amides is 1. The van der Waals surface area contributed by atoms with E-state index in [2.05, 4.69) is 5.32 Å². The van der Waals surface area contributed by atoms with Gasteiger partial charge in [-0.15, -0.1) is 11.3 Å². The lowest BCUT2D eigenvalue weighted by Crippen LogP contribution is -2.34. The van der Waals surface area contributed by atoms with Crippen molar-refractivity contribution in [1.82, 2.24) is 5.32 Å². The molecule has 1 amide bonds. The van der Waals surface area contributed by atoms with E-state index in [4.69, 9.17) is 4.74 Å². The predicted molar refractivity (Wildman–Crippen MR) is 46.2 cm³/mol. The SMILES string of the molecule is O=C1N[C@@H](c2cccs2)CCO1. The van der Waals surface area contributed by atoms with E-state index in [1.54, 1.807) is 11.3 Å². The van der Waals surface area contributed by atoms with E-state index in [0.717, 1.165) is 6.42 Å². The second kappa shape index (κ2) is 3.15. The van der Waals surface area contributed by atoms with Gasteiger partial charge in [-0.1, -0.05) is 6.07 Å². The Kier molecular flexibility index (Phi) is 1.99. The smallest absolute Gasteiger partial charge is 0.407 e. The minimum absolute atomic E-state index is 0.159. The Morgan fingerprint density at radius 1 is 1.67 bits per heavy atom. The van der Waals surface area contributed by atoms with Crippen molar-refractivity contribution in [3.8, 4) is 0 Å². The molecule has 3 nitrogen and oxygen atoms in total. The number of nitrogens with one attached hydrogen (secondary N) is 1. The van der Waals surface area contributed by atoms with E-state index in [9.17, 15) is 4.79 Å². The van der Waals surface area contributed by atoms with Crippen molar-refractivity contribution >= 4 is 17.4 Å². The molecule has 64 valence electrons. The van der Waals surface area contributed by atoms with E-state index in [1.165, 1.54) is 4.88 Å². The number of rotatable bonds is 1. The third-order valence-electron chi connectivity index (χ3n) is 1.82. The van der Waals surface area contributed by atoms with Crippen molar-refractivity contribution in [2.45, 2.75) is 12.5 Å². The van der Waals surface area contributed by atoms with Gasteiger partial charge in [0.25, 0.3) is 0 Å². The van der Waals surface area contributed by atoms with Gasteiger partial charge < -0.3 is 10.1 Å². The molecule has 0 bridgehead atoms. The minimum atomic E-state index is -0.306. The van der Waals surface area contributed by atoms with E-state index >= 15 is 0 Å². The summed E-state index contributed by atoms with van der Waals surface area (Å²) in [6, 6.07) is 4.17. The zero-order chi connectivity index (χ0) is 8.39. The van der Waals surface area contributed by atoms with Crippen LogP contribution < -0.4 is 5.32 Å². The van der Waals surface area contributed by atoms with Crippen LogP contribution in [0.25, 0.3) is 0 Å². The molecule has 0 spiro atoms. The van der Waals surface area contributed by atoms with Crippen LogP contribution in [0.1, 0.15) is 17.3 Å². The summed E-state index contributed by atoms with van der Waals surface area (Å²) in [7, 11) is 0. The van der Waals surface area contributed by atoms with Crippen LogP contribution in [0, 0.1) is 0 Å². The van der Waals surface area contributed by atoms with E-state index in [1.807, 2.05) is 17.5 Å². The zero-order valence-corrected chi connectivity index (χ0v) is 7.26. The first-order chi connectivity index (χ1) is 5.86. The summed E-state index contributed by atoms with van der Waals surface area (Å²) >= 11 is 1.66. The number of hydrogen-bond donors (Lipinski definition) is 1. The van der Waals surface area contributed by atoms with Crippen molar-refractivity contribution in [1.29, 1.82) is 0 Å². The molecule has 12 heavy (non-hydrogen) atoms. The fourth-order valence-corrected chi connectivity index (χ4v) is 2.04. The third kappa shape index (κ3) is 1.43. The molecule has 0 radical (unpaired) electrons. The molecule has 1 aromatic rings. The molecule has 1 aromatic heterocycles. The number of alkyl carbamates (subject to hydrolysis) is 1. The maximum absolute atomic E-state index is 10.8. The van der Waals surface area contributed by atoms with Gasteiger partial charge in [0.1, 0.15) is 0 Å². The quantitative estimate of drug-likeness (QED) is 0.722. The monoisotopic (exact) mass is 183 g/mol. The highest BCUT2D eigenvalue weighted by Gasteiger charge is 2.20. The molecule has 2 heterocycles. The largest absolute Gasteiger partial charge is 0.449 e. The Bertz CT molecular complexity index is 271. The van der Waals surface area contributed by atoms with Crippen molar-refractivity contribution in [2.75, 3.05) is 6.61 Å². The molecule has 1 aliphatic rings. The summed E-state index contributed by atoms with van der Waals surface area (Å²) in [5.41, 5.74) is 0. The van der Waals surface area contributed by atoms with Crippen LogP contribution in [-0.2, 0) is 4.74 Å². The Labute approximate surface area is 74.4 Å². The first-order valence-electron chi connectivity index (χ1n) is 3.83. The fourth-order valence-electron chi connectivity index (χ4n) is 1.23. The second-order valence-electron chi connectivity index (χ2n) is 2.64. The summed E-state index contributed by atoms with van der Waals surface area (Å²) in [5, 5.41) is 4.78. The molecule has 0 saturated carbocycles. The topological polar surface area (TPSA) is 38.3 Å². The molecular formula is C8H9NO2S. The average Bonchev–Trinajstić information content (AvgIpc) is 2.56. The lowest BCUT2D eigenvalue weighted by molar-refractivity contribution is 0.116. The summed E-state index contributed by atoms with van der Waals surface area (Å²) in [4.78, 5) is 12.0. The Morgan fingerprint density at radius 3 is 3.25 bits per heavy atom. The van der Waals surface area contributed by atoms with Gasteiger partial charge in [0.05, 0.1) is 12.6 Å². The Balaban J connectivity index is 2.09. The zero-order valence-electron chi connectivity index (χ0n) is 6.45. The normalized spacial score (nSPS) is 23.0. The lowest BCUT2D eigenvalue weighted by Gasteiger charge is -2.21. The Hall–Kier alpha value is -1.03. The molecule has 0 aromatic carbocycles. The van der Waals surface area contributed by atoms with Crippen molar-refractivity contribution < 1.29 is 9.53 Å². The first-order valence-corrected chi connectivity index (χ1v) is 4.71. The number of cyclic esters (lactones) is 1. The minimum Gasteiger partial charge on any atom is -0.449 e. The molecule has 1 saturated heterocycles. The lowest BCUT2D eigenvalue weighted by atomic mass is 10.1. The molecule has 4 heteroatoms. The highest BCUT2D eigenvalue weighted by molar-refractivity contribution is 7.10. The van der Waals surface area contributed by atoms with Gasteiger partial charge >= 0.3 is 6.09 Å². The molecular weight excluding hydrogens is 174 g/mol. The summed E-state index contributed by atoms with van der Waals surface area (Å²) in [6.45, 7) is 0.522. The third-order valence-corrected chi connectivity index (χ3v) is 2.80. The van der Waals surface area contributed by atoms with Crippen LogP contribution in [0.15, 0.2) is 17.5 Å². The van der Waals surface area contributed by atoms with E-state index < -0.39 is 0 Å². The van der Waals surface area contributed by atoms with Crippen LogP contribution in [0.5, 0.6) is 0 Å². The molecule has 1 fully saturated rings. The van der Waals surface area contributed by atoms with Crippen LogP contribution in [0.3, 0.4) is 0 Å². The Morgan fingerprint density at radius 2 is 2.58 bits per heavy atom. The maximum Gasteiger partial charge on any atom is 0.407 e. The number of carbonyl (C=O) groups excluding carboxylic acids is 1. The van der Waals surface area contributed by atoms with E-state index in [-0.39, 0.29) is 12.1 Å². The summed E-state index contributed by atoms with van der Waals surface area (Å²) < 4.78 is 4.76. The second-order valence-corrected chi connectivity index (χ2v) is 3.62. The average molecular weight is 183 g/mol. The van der Waals surface area contributed by atoms with Gasteiger partial charge in [0, 0.05) is 11.3 Å². The number of thiophene rings is 1. The maximum atomic E-state index is 10.8. The van der Waals surface area contributed by atoms with Crippen LogP contribution in [0.2, 0.25) is 0 Å².